The maximum Gasteiger partial charge on any atom is 0.331 e. The van der Waals surface area contributed by atoms with E-state index in [1.165, 1.54) is 10.8 Å². The van der Waals surface area contributed by atoms with Gasteiger partial charge in [-0.3, -0.25) is 4.57 Å². The van der Waals surface area contributed by atoms with Gasteiger partial charge in [0.15, 0.2) is 0 Å². The zero-order valence-corrected chi connectivity index (χ0v) is 15.7. The first-order valence-corrected chi connectivity index (χ1v) is 9.57. The lowest BCUT2D eigenvalue weighted by Crippen LogP contribution is -2.21. The van der Waals surface area contributed by atoms with E-state index in [1.807, 2.05) is 60.7 Å². The zero-order valence-electron chi connectivity index (χ0n) is 15.7. The third-order valence-electron chi connectivity index (χ3n) is 5.20. The molecule has 0 radical (unpaired) electrons. The number of amides is 1. The molecule has 4 heteroatoms. The van der Waals surface area contributed by atoms with Gasteiger partial charge in [-0.25, -0.2) is 9.78 Å². The van der Waals surface area contributed by atoms with E-state index in [-0.39, 0.29) is 6.03 Å². The second kappa shape index (κ2) is 7.24. The van der Waals surface area contributed by atoms with Gasteiger partial charge in [0.2, 0.25) is 0 Å². The lowest BCUT2D eigenvalue weighted by atomic mass is 10.0. The lowest BCUT2D eigenvalue weighted by Gasteiger charge is -2.12. The molecule has 0 atom stereocenters. The van der Waals surface area contributed by atoms with E-state index in [0.717, 1.165) is 22.0 Å². The molecule has 0 aliphatic carbocycles. The van der Waals surface area contributed by atoms with Gasteiger partial charge >= 0.3 is 6.03 Å². The van der Waals surface area contributed by atoms with Crippen LogP contribution in [0.2, 0.25) is 0 Å². The molecule has 29 heavy (non-hydrogen) atoms. The summed E-state index contributed by atoms with van der Waals surface area (Å²) in [6, 6.07) is 28.2. The Morgan fingerprint density at radius 3 is 2.28 bits per heavy atom. The Morgan fingerprint density at radius 2 is 1.45 bits per heavy atom. The Morgan fingerprint density at radius 1 is 0.793 bits per heavy atom. The normalized spacial score (nSPS) is 11.0. The zero-order chi connectivity index (χ0) is 19.6. The van der Waals surface area contributed by atoms with Crippen LogP contribution in [0.25, 0.3) is 21.5 Å². The number of nitrogens with one attached hydrogen (secondary N) is 1. The molecule has 0 fully saturated rings. The number of nitrogens with zero attached hydrogens (tertiary/aromatic N) is 2. The van der Waals surface area contributed by atoms with Crippen molar-refractivity contribution in [3.8, 4) is 0 Å². The van der Waals surface area contributed by atoms with Gasteiger partial charge in [-0.2, -0.15) is 0 Å². The highest BCUT2D eigenvalue weighted by Gasteiger charge is 2.13. The predicted molar refractivity (Wildman–Crippen MR) is 117 cm³/mol. The number of aromatic nitrogens is 2. The summed E-state index contributed by atoms with van der Waals surface area (Å²) in [6.07, 6.45) is 3.96. The smallest absolute Gasteiger partial charge is 0.307 e. The van der Waals surface area contributed by atoms with Crippen LogP contribution < -0.4 is 5.32 Å². The highest BCUT2D eigenvalue weighted by Crippen LogP contribution is 2.24. The molecule has 0 aliphatic heterocycles. The van der Waals surface area contributed by atoms with E-state index >= 15 is 0 Å². The Balaban J connectivity index is 1.46. The van der Waals surface area contributed by atoms with Crippen LogP contribution in [0.15, 0.2) is 97.3 Å². The molecule has 0 saturated carbocycles. The maximum atomic E-state index is 13.0. The molecular weight excluding hydrogens is 358 g/mol. The molecule has 140 valence electrons. The minimum atomic E-state index is -0.214. The fourth-order valence-corrected chi connectivity index (χ4v) is 3.78. The van der Waals surface area contributed by atoms with E-state index in [1.54, 1.807) is 17.0 Å². The van der Waals surface area contributed by atoms with Crippen LogP contribution in [0.3, 0.4) is 0 Å². The molecule has 0 aliphatic rings. The van der Waals surface area contributed by atoms with Crippen LogP contribution in [-0.4, -0.2) is 15.6 Å². The van der Waals surface area contributed by atoms with E-state index < -0.39 is 0 Å². The second-order valence-electron chi connectivity index (χ2n) is 6.99. The third kappa shape index (κ3) is 3.25. The van der Waals surface area contributed by atoms with Crippen LogP contribution in [0.4, 0.5) is 10.5 Å². The van der Waals surface area contributed by atoms with E-state index in [2.05, 4.69) is 34.6 Å². The molecule has 0 spiro atoms. The van der Waals surface area contributed by atoms with Crippen LogP contribution in [0.5, 0.6) is 0 Å². The lowest BCUT2D eigenvalue weighted by molar-refractivity contribution is 0.253. The summed E-state index contributed by atoms with van der Waals surface area (Å²) < 4.78 is 1.59. The van der Waals surface area contributed by atoms with Crippen LogP contribution in [0.1, 0.15) is 11.4 Å². The summed E-state index contributed by atoms with van der Waals surface area (Å²) in [4.78, 5) is 17.5. The van der Waals surface area contributed by atoms with Gasteiger partial charge in [0.05, 0.1) is 5.69 Å². The molecule has 1 aromatic heterocycles. The number of imidazole rings is 1. The van der Waals surface area contributed by atoms with Crippen LogP contribution in [0, 0.1) is 0 Å². The van der Waals surface area contributed by atoms with Crippen LogP contribution >= 0.6 is 0 Å². The number of hydrogen-bond donors (Lipinski definition) is 1. The quantitative estimate of drug-likeness (QED) is 0.428. The van der Waals surface area contributed by atoms with Gasteiger partial charge in [-0.1, -0.05) is 78.9 Å². The molecule has 1 heterocycles. The maximum absolute atomic E-state index is 13.0. The van der Waals surface area contributed by atoms with Gasteiger partial charge in [0.1, 0.15) is 5.82 Å². The fourth-order valence-electron chi connectivity index (χ4n) is 3.78. The molecule has 0 unspecified atom stereocenters. The van der Waals surface area contributed by atoms with Crippen molar-refractivity contribution in [2.24, 2.45) is 0 Å². The van der Waals surface area contributed by atoms with Crippen LogP contribution in [-0.2, 0) is 6.42 Å². The van der Waals surface area contributed by atoms with Gasteiger partial charge in [0.25, 0.3) is 0 Å². The molecule has 1 amide bonds. The van der Waals surface area contributed by atoms with Crippen molar-refractivity contribution in [2.45, 2.75) is 6.42 Å². The van der Waals surface area contributed by atoms with Gasteiger partial charge < -0.3 is 5.32 Å². The van der Waals surface area contributed by atoms with Crippen molar-refractivity contribution in [1.29, 1.82) is 0 Å². The summed E-state index contributed by atoms with van der Waals surface area (Å²) in [5.74, 6) is 0.707. The summed E-state index contributed by atoms with van der Waals surface area (Å²) in [7, 11) is 0. The topological polar surface area (TPSA) is 46.9 Å². The van der Waals surface area contributed by atoms with E-state index in [0.29, 0.717) is 12.2 Å². The first-order valence-electron chi connectivity index (χ1n) is 9.57. The molecule has 1 N–H and O–H groups in total. The Hall–Kier alpha value is -3.92. The van der Waals surface area contributed by atoms with Crippen molar-refractivity contribution in [3.63, 3.8) is 0 Å². The third-order valence-corrected chi connectivity index (χ3v) is 5.20. The van der Waals surface area contributed by atoms with Crippen molar-refractivity contribution in [1.82, 2.24) is 9.55 Å². The minimum absolute atomic E-state index is 0.214. The largest absolute Gasteiger partial charge is 0.331 e. The fraction of sp³-hybridized carbons (Fsp3) is 0.0400. The van der Waals surface area contributed by atoms with Gasteiger partial charge in [-0.15, -0.1) is 0 Å². The van der Waals surface area contributed by atoms with E-state index in [4.69, 9.17) is 0 Å². The SMILES string of the molecule is O=C(Nc1cccc2ccccc12)n1ccnc1Cc1cccc2ccccc12. The number of anilines is 1. The molecule has 4 aromatic carbocycles. The van der Waals surface area contributed by atoms with Crippen molar-refractivity contribution >= 4 is 33.3 Å². The summed E-state index contributed by atoms with van der Waals surface area (Å²) in [6.45, 7) is 0. The number of carbonyl (C=O) groups is 1. The Bertz CT molecular complexity index is 1330. The average molecular weight is 377 g/mol. The average Bonchev–Trinajstić information content (AvgIpc) is 3.23. The molecule has 0 saturated heterocycles. The number of fused-ring (bicyclic) bond motifs is 2. The van der Waals surface area contributed by atoms with Crippen molar-refractivity contribution in [3.05, 3.63) is 109 Å². The first kappa shape index (κ1) is 17.2. The minimum Gasteiger partial charge on any atom is -0.307 e. The molecule has 4 nitrogen and oxygen atoms in total. The first-order chi connectivity index (χ1) is 14.3. The number of hydrogen-bond acceptors (Lipinski definition) is 2. The predicted octanol–water partition coefficient (Wildman–Crippen LogP) is 5.86. The molecule has 5 aromatic rings. The Labute approximate surface area is 168 Å². The molecule has 0 bridgehead atoms. The second-order valence-corrected chi connectivity index (χ2v) is 6.99. The monoisotopic (exact) mass is 377 g/mol. The molecule has 5 rings (SSSR count). The number of benzene rings is 4. The molecular formula is C25H19N3O. The Kier molecular flexibility index (Phi) is 4.30. The highest BCUT2D eigenvalue weighted by atomic mass is 16.2. The summed E-state index contributed by atoms with van der Waals surface area (Å²) >= 11 is 0. The summed E-state index contributed by atoms with van der Waals surface area (Å²) in [5, 5.41) is 7.50. The van der Waals surface area contributed by atoms with Crippen molar-refractivity contribution in [2.75, 3.05) is 5.32 Å². The van der Waals surface area contributed by atoms with Gasteiger partial charge in [0, 0.05) is 24.2 Å². The highest BCUT2D eigenvalue weighted by molar-refractivity contribution is 6.02. The number of rotatable bonds is 3. The standard InChI is InChI=1S/C25H19N3O/c29-25(27-23-14-6-10-19-8-2-4-13-22(19)23)28-16-15-26-24(28)17-20-11-5-9-18-7-1-3-12-21(18)20/h1-16H,17H2,(H,27,29). The van der Waals surface area contributed by atoms with Crippen molar-refractivity contribution < 1.29 is 4.79 Å². The van der Waals surface area contributed by atoms with E-state index in [9.17, 15) is 4.79 Å². The summed E-state index contributed by atoms with van der Waals surface area (Å²) in [5.41, 5.74) is 1.94. The van der Waals surface area contributed by atoms with Gasteiger partial charge in [-0.05, 0) is 27.8 Å². The number of carbonyl (C=O) groups excluding carboxylic acids is 1.